The van der Waals surface area contributed by atoms with Gasteiger partial charge in [0, 0.05) is 11.8 Å². The molecule has 31 heavy (non-hydrogen) atoms. The molecule has 0 aliphatic carbocycles. The summed E-state index contributed by atoms with van der Waals surface area (Å²) in [6.45, 7) is 0. The van der Waals surface area contributed by atoms with Gasteiger partial charge in [-0.25, -0.2) is 9.67 Å². The molecule has 0 spiro atoms. The van der Waals surface area contributed by atoms with E-state index in [0.717, 1.165) is 22.3 Å². The van der Waals surface area contributed by atoms with Crippen LogP contribution in [0.1, 0.15) is 10.4 Å². The van der Waals surface area contributed by atoms with Gasteiger partial charge in [0.1, 0.15) is 11.4 Å². The molecule has 0 unspecified atom stereocenters. The van der Waals surface area contributed by atoms with Crippen molar-refractivity contribution in [2.75, 3.05) is 12.4 Å². The van der Waals surface area contributed by atoms with Crippen LogP contribution in [0.15, 0.2) is 85.1 Å². The zero-order valence-electron chi connectivity index (χ0n) is 16.7. The molecule has 0 saturated carbocycles. The van der Waals surface area contributed by atoms with Crippen LogP contribution < -0.4 is 10.1 Å². The Hall–Kier alpha value is -4.39. The van der Waals surface area contributed by atoms with E-state index in [1.54, 1.807) is 18.0 Å². The van der Waals surface area contributed by atoms with Gasteiger partial charge < -0.3 is 9.72 Å². The quantitative estimate of drug-likeness (QED) is 0.442. The summed E-state index contributed by atoms with van der Waals surface area (Å²) in [5.41, 5.74) is 4.25. The van der Waals surface area contributed by atoms with Crippen molar-refractivity contribution in [3.05, 3.63) is 90.6 Å². The van der Waals surface area contributed by atoms with Crippen LogP contribution in [-0.4, -0.2) is 32.8 Å². The number of methoxy groups -OCH3 is 1. The first-order chi connectivity index (χ1) is 15.2. The number of anilines is 1. The second-order valence-electron chi connectivity index (χ2n) is 6.96. The smallest absolute Gasteiger partial charge is 0.261 e. The minimum Gasteiger partial charge on any atom is -0.497 e. The Labute approximate surface area is 178 Å². The third-order valence-corrected chi connectivity index (χ3v) is 4.94. The van der Waals surface area contributed by atoms with Crippen LogP contribution in [0.3, 0.4) is 0 Å². The highest BCUT2D eigenvalue weighted by Crippen LogP contribution is 2.27. The first-order valence-corrected chi connectivity index (χ1v) is 9.77. The maximum atomic E-state index is 13.2. The number of nitrogens with one attached hydrogen (secondary N) is 2. The summed E-state index contributed by atoms with van der Waals surface area (Å²) in [4.78, 5) is 20.8. The zero-order valence-corrected chi connectivity index (χ0v) is 16.7. The van der Waals surface area contributed by atoms with Crippen LogP contribution in [0.2, 0.25) is 0 Å². The summed E-state index contributed by atoms with van der Waals surface area (Å²) < 4.78 is 7.04. The lowest BCUT2D eigenvalue weighted by Crippen LogP contribution is -2.13. The van der Waals surface area contributed by atoms with Crippen LogP contribution in [0, 0.1) is 0 Å². The molecule has 0 aliphatic heterocycles. The van der Waals surface area contributed by atoms with Crippen molar-refractivity contribution in [2.24, 2.45) is 0 Å². The van der Waals surface area contributed by atoms with Crippen molar-refractivity contribution in [3.8, 4) is 22.7 Å². The second-order valence-corrected chi connectivity index (χ2v) is 6.96. The summed E-state index contributed by atoms with van der Waals surface area (Å²) in [5, 5.41) is 7.56. The van der Waals surface area contributed by atoms with Gasteiger partial charge in [-0.05, 0) is 36.4 Å². The minimum atomic E-state index is -0.306. The molecule has 5 rings (SSSR count). The highest BCUT2D eigenvalue weighted by atomic mass is 16.5. The summed E-state index contributed by atoms with van der Waals surface area (Å²) >= 11 is 0. The highest BCUT2D eigenvalue weighted by Gasteiger charge is 2.20. The van der Waals surface area contributed by atoms with E-state index in [1.807, 2.05) is 78.9 Å². The number of carbonyl (C=O) groups is 1. The molecule has 0 saturated heterocycles. The van der Waals surface area contributed by atoms with Gasteiger partial charge in [-0.2, -0.15) is 5.10 Å². The van der Waals surface area contributed by atoms with Crippen molar-refractivity contribution in [3.63, 3.8) is 0 Å². The predicted octanol–water partition coefficient (Wildman–Crippen LogP) is 4.68. The second kappa shape index (κ2) is 7.79. The molecule has 2 N–H and O–H groups in total. The molecule has 2 heterocycles. The van der Waals surface area contributed by atoms with Gasteiger partial charge in [0.05, 0.1) is 29.4 Å². The normalized spacial score (nSPS) is 10.9. The first-order valence-electron chi connectivity index (χ1n) is 9.77. The van der Waals surface area contributed by atoms with Gasteiger partial charge in [-0.3, -0.25) is 10.1 Å². The summed E-state index contributed by atoms with van der Waals surface area (Å²) in [6, 6.07) is 24.8. The molecule has 1 amide bonds. The van der Waals surface area contributed by atoms with E-state index in [4.69, 9.17) is 9.84 Å². The van der Waals surface area contributed by atoms with E-state index in [0.29, 0.717) is 23.0 Å². The number of benzene rings is 3. The monoisotopic (exact) mass is 409 g/mol. The number of hydrogen-bond donors (Lipinski definition) is 2. The number of fused-ring (bicyclic) bond motifs is 1. The van der Waals surface area contributed by atoms with E-state index in [1.165, 1.54) is 0 Å². The fraction of sp³-hybridized carbons (Fsp3) is 0.0417. The number of nitrogens with zero attached hydrogens (tertiary/aromatic N) is 3. The van der Waals surface area contributed by atoms with Crippen molar-refractivity contribution in [2.45, 2.75) is 0 Å². The van der Waals surface area contributed by atoms with E-state index in [9.17, 15) is 4.79 Å². The van der Waals surface area contributed by atoms with Crippen LogP contribution in [-0.2, 0) is 0 Å². The third kappa shape index (κ3) is 3.64. The van der Waals surface area contributed by atoms with E-state index >= 15 is 0 Å². The number of para-hydroxylation sites is 3. The largest absolute Gasteiger partial charge is 0.497 e. The predicted molar refractivity (Wildman–Crippen MR) is 120 cm³/mol. The molecule has 0 atom stereocenters. The number of aromatic nitrogens is 4. The van der Waals surface area contributed by atoms with Gasteiger partial charge >= 0.3 is 0 Å². The molecule has 7 heteroatoms. The zero-order chi connectivity index (χ0) is 21.2. The van der Waals surface area contributed by atoms with Crippen molar-refractivity contribution >= 4 is 22.9 Å². The number of imidazole rings is 1. The molecule has 3 aromatic carbocycles. The summed E-state index contributed by atoms with van der Waals surface area (Å²) in [7, 11) is 1.61. The Morgan fingerprint density at radius 1 is 1.00 bits per heavy atom. The molecule has 7 nitrogen and oxygen atoms in total. The topological polar surface area (TPSA) is 84.8 Å². The van der Waals surface area contributed by atoms with Gasteiger partial charge in [0.2, 0.25) is 5.95 Å². The molecule has 0 bridgehead atoms. The maximum absolute atomic E-state index is 13.2. The number of amides is 1. The number of rotatable bonds is 5. The maximum Gasteiger partial charge on any atom is 0.261 e. The number of aromatic amines is 1. The van der Waals surface area contributed by atoms with Crippen LogP contribution in [0.5, 0.6) is 5.75 Å². The molecule has 0 radical (unpaired) electrons. The molecular weight excluding hydrogens is 390 g/mol. The van der Waals surface area contributed by atoms with E-state index < -0.39 is 0 Å². The lowest BCUT2D eigenvalue weighted by Gasteiger charge is -2.05. The minimum absolute atomic E-state index is 0.306. The molecule has 0 fully saturated rings. The van der Waals surface area contributed by atoms with Gasteiger partial charge in [-0.1, -0.05) is 42.5 Å². The van der Waals surface area contributed by atoms with Crippen LogP contribution in [0.25, 0.3) is 28.0 Å². The standard InChI is InChI=1S/C24H19N5O2/c1-31-18-11-7-8-16(14-18)22-19(15-29(28-22)17-9-3-2-4-10-17)23(30)27-24-25-20-12-5-6-13-21(20)26-24/h2-15H,1H3,(H2,25,26,27,30). The average molecular weight is 409 g/mol. The third-order valence-electron chi connectivity index (χ3n) is 4.94. The molecule has 5 aromatic rings. The Bertz CT molecular complexity index is 1340. The van der Waals surface area contributed by atoms with E-state index in [2.05, 4.69) is 15.3 Å². The average Bonchev–Trinajstić information content (AvgIpc) is 3.44. The fourth-order valence-corrected chi connectivity index (χ4v) is 3.42. The first kappa shape index (κ1) is 18.6. The molecule has 2 aromatic heterocycles. The van der Waals surface area contributed by atoms with Gasteiger partial charge in [0.25, 0.3) is 5.91 Å². The Morgan fingerprint density at radius 3 is 2.61 bits per heavy atom. The number of ether oxygens (including phenoxy) is 1. The van der Waals surface area contributed by atoms with Gasteiger partial charge in [-0.15, -0.1) is 0 Å². The Kier molecular flexibility index (Phi) is 4.68. The summed E-state index contributed by atoms with van der Waals surface area (Å²) in [5.74, 6) is 0.768. The van der Waals surface area contributed by atoms with E-state index in [-0.39, 0.29) is 5.91 Å². The number of carbonyl (C=O) groups excluding carboxylic acids is 1. The van der Waals surface area contributed by atoms with Crippen molar-refractivity contribution < 1.29 is 9.53 Å². The van der Waals surface area contributed by atoms with Crippen molar-refractivity contribution in [1.29, 1.82) is 0 Å². The molecule has 0 aliphatic rings. The Morgan fingerprint density at radius 2 is 1.81 bits per heavy atom. The fourth-order valence-electron chi connectivity index (χ4n) is 3.42. The molecule has 152 valence electrons. The van der Waals surface area contributed by atoms with Crippen LogP contribution in [0.4, 0.5) is 5.95 Å². The Balaban J connectivity index is 1.56. The summed E-state index contributed by atoms with van der Waals surface area (Å²) in [6.07, 6.45) is 1.72. The van der Waals surface area contributed by atoms with Crippen LogP contribution >= 0.6 is 0 Å². The number of H-pyrrole nitrogens is 1. The lowest BCUT2D eigenvalue weighted by atomic mass is 10.1. The SMILES string of the molecule is COc1cccc(-c2nn(-c3ccccc3)cc2C(=O)Nc2nc3ccccc3[nH]2)c1. The number of hydrogen-bond acceptors (Lipinski definition) is 4. The lowest BCUT2D eigenvalue weighted by molar-refractivity contribution is 0.102. The van der Waals surface area contributed by atoms with Gasteiger partial charge in [0.15, 0.2) is 0 Å². The van der Waals surface area contributed by atoms with Crippen molar-refractivity contribution in [1.82, 2.24) is 19.7 Å². The highest BCUT2D eigenvalue weighted by molar-refractivity contribution is 6.07. The molecular formula is C24H19N5O2.